The zero-order chi connectivity index (χ0) is 15.6. The molecule has 1 rings (SSSR count). The van der Waals surface area contributed by atoms with Crippen LogP contribution in [0.3, 0.4) is 0 Å². The lowest BCUT2D eigenvalue weighted by Crippen LogP contribution is -2.36. The first-order valence-corrected chi connectivity index (χ1v) is 9.16. The summed E-state index contributed by atoms with van der Waals surface area (Å²) in [7, 11) is -3.65. The molecule has 0 unspecified atom stereocenters. The molecule has 0 spiro atoms. The molecular weight excluding hydrogens is 318 g/mol. The van der Waals surface area contributed by atoms with Gasteiger partial charge in [0.1, 0.15) is 0 Å². The van der Waals surface area contributed by atoms with Gasteiger partial charge in [0.05, 0.1) is 11.5 Å². The first-order valence-electron chi connectivity index (χ1n) is 6.07. The summed E-state index contributed by atoms with van der Waals surface area (Å²) in [6, 6.07) is 2.98. The molecule has 0 saturated heterocycles. The maximum atomic E-state index is 12.4. The van der Waals surface area contributed by atoms with E-state index in [4.69, 9.17) is 11.6 Å². The van der Waals surface area contributed by atoms with Gasteiger partial charge in [-0.25, -0.2) is 13.1 Å². The van der Waals surface area contributed by atoms with E-state index in [2.05, 4.69) is 4.72 Å². The van der Waals surface area contributed by atoms with Crippen molar-refractivity contribution >= 4 is 33.4 Å². The van der Waals surface area contributed by atoms with Gasteiger partial charge in [-0.1, -0.05) is 11.6 Å². The predicted molar refractivity (Wildman–Crippen MR) is 84.9 cm³/mol. The van der Waals surface area contributed by atoms with Gasteiger partial charge in [0.2, 0.25) is 10.0 Å². The Kier molecular flexibility index (Phi) is 5.92. The summed E-state index contributed by atoms with van der Waals surface area (Å²) < 4.78 is 27.2. The van der Waals surface area contributed by atoms with Crippen LogP contribution in [-0.4, -0.2) is 31.1 Å². The predicted octanol–water partition coefficient (Wildman–Crippen LogP) is 2.56. The van der Waals surface area contributed by atoms with Gasteiger partial charge in [-0.15, -0.1) is 0 Å². The molecule has 0 amide bonds. The lowest BCUT2D eigenvalue weighted by Gasteiger charge is -2.22. The van der Waals surface area contributed by atoms with E-state index in [0.717, 1.165) is 0 Å². The molecule has 1 aromatic rings. The van der Waals surface area contributed by atoms with Crippen molar-refractivity contribution in [3.63, 3.8) is 0 Å². The highest BCUT2D eigenvalue weighted by Gasteiger charge is 2.23. The molecule has 0 aliphatic carbocycles. The van der Waals surface area contributed by atoms with Crippen molar-refractivity contribution in [2.75, 3.05) is 12.8 Å². The molecule has 1 aromatic carbocycles. The number of thioether (sulfide) groups is 1. The van der Waals surface area contributed by atoms with Gasteiger partial charge in [0.15, 0.2) is 0 Å². The molecule has 0 radical (unpaired) electrons. The molecule has 4 nitrogen and oxygen atoms in total. The molecule has 0 aromatic heterocycles. The second-order valence-corrected chi connectivity index (χ2v) is 8.82. The van der Waals surface area contributed by atoms with E-state index in [1.54, 1.807) is 24.8 Å². The Hall–Kier alpha value is -0.270. The van der Waals surface area contributed by atoms with Crippen molar-refractivity contribution in [1.29, 1.82) is 0 Å². The lowest BCUT2D eigenvalue weighted by molar-refractivity contribution is 0.280. The quantitative estimate of drug-likeness (QED) is 0.837. The zero-order valence-corrected chi connectivity index (χ0v) is 14.4. The summed E-state index contributed by atoms with van der Waals surface area (Å²) in [4.78, 5) is 0.117. The Bertz CT molecular complexity index is 586. The van der Waals surface area contributed by atoms with Crippen LogP contribution in [0.2, 0.25) is 5.02 Å². The number of hydrogen-bond acceptors (Lipinski definition) is 4. The van der Waals surface area contributed by atoms with Crippen LogP contribution in [-0.2, 0) is 16.6 Å². The van der Waals surface area contributed by atoms with Crippen LogP contribution >= 0.6 is 23.4 Å². The molecule has 114 valence electrons. The standard InChI is InChI=1S/C13H20ClNO3S2/c1-9-10(7-16)5-11(14)6-12(9)20(17,18)15-8-13(2,3)19-4/h5-6,15-16H,7-8H2,1-4H3. The number of nitrogens with one attached hydrogen (secondary N) is 1. The van der Waals surface area contributed by atoms with Crippen LogP contribution in [0, 0.1) is 6.92 Å². The average molecular weight is 338 g/mol. The highest BCUT2D eigenvalue weighted by Crippen LogP contribution is 2.26. The van der Waals surface area contributed by atoms with Crippen molar-refractivity contribution < 1.29 is 13.5 Å². The van der Waals surface area contributed by atoms with E-state index in [-0.39, 0.29) is 16.2 Å². The van der Waals surface area contributed by atoms with E-state index in [1.807, 2.05) is 20.1 Å². The van der Waals surface area contributed by atoms with E-state index in [1.165, 1.54) is 6.07 Å². The number of aliphatic hydroxyl groups is 1. The number of benzene rings is 1. The van der Waals surface area contributed by atoms with Crippen LogP contribution in [0.15, 0.2) is 17.0 Å². The molecule has 0 saturated carbocycles. The molecule has 0 heterocycles. The van der Waals surface area contributed by atoms with Crippen LogP contribution < -0.4 is 4.72 Å². The van der Waals surface area contributed by atoms with Gasteiger partial charge in [0.25, 0.3) is 0 Å². The van der Waals surface area contributed by atoms with Crippen molar-refractivity contribution in [2.24, 2.45) is 0 Å². The monoisotopic (exact) mass is 337 g/mol. The van der Waals surface area contributed by atoms with E-state index in [9.17, 15) is 13.5 Å². The number of halogens is 1. The summed E-state index contributed by atoms with van der Waals surface area (Å²) in [6.07, 6.45) is 1.93. The van der Waals surface area contributed by atoms with Gasteiger partial charge in [-0.05, 0) is 50.3 Å². The molecule has 0 aliphatic heterocycles. The summed E-state index contributed by atoms with van der Waals surface area (Å²) >= 11 is 7.50. The molecule has 0 atom stereocenters. The molecule has 0 aliphatic rings. The minimum Gasteiger partial charge on any atom is -0.392 e. The summed E-state index contributed by atoms with van der Waals surface area (Å²) in [5.74, 6) is 0. The Morgan fingerprint density at radius 2 is 2.00 bits per heavy atom. The largest absolute Gasteiger partial charge is 0.392 e. The van der Waals surface area contributed by atoms with E-state index < -0.39 is 10.0 Å². The Labute approximate surface area is 130 Å². The van der Waals surface area contributed by atoms with Crippen LogP contribution in [0.1, 0.15) is 25.0 Å². The molecule has 0 bridgehead atoms. The highest BCUT2D eigenvalue weighted by molar-refractivity contribution is 8.00. The van der Waals surface area contributed by atoms with Gasteiger partial charge in [-0.2, -0.15) is 11.8 Å². The maximum Gasteiger partial charge on any atom is 0.240 e. The van der Waals surface area contributed by atoms with Crippen molar-refractivity contribution in [1.82, 2.24) is 4.72 Å². The zero-order valence-electron chi connectivity index (χ0n) is 12.0. The third-order valence-electron chi connectivity index (χ3n) is 3.13. The van der Waals surface area contributed by atoms with Crippen molar-refractivity contribution in [3.8, 4) is 0 Å². The Morgan fingerprint density at radius 3 is 2.50 bits per heavy atom. The van der Waals surface area contributed by atoms with Gasteiger partial charge in [-0.3, -0.25) is 0 Å². The summed E-state index contributed by atoms with van der Waals surface area (Å²) in [6.45, 7) is 5.66. The molecule has 2 N–H and O–H groups in total. The normalized spacial score (nSPS) is 12.7. The van der Waals surface area contributed by atoms with Gasteiger partial charge < -0.3 is 5.11 Å². The third kappa shape index (κ3) is 4.36. The molecule has 7 heteroatoms. The van der Waals surface area contributed by atoms with Crippen LogP contribution in [0.4, 0.5) is 0 Å². The summed E-state index contributed by atoms with van der Waals surface area (Å²) in [5, 5.41) is 9.55. The lowest BCUT2D eigenvalue weighted by atomic mass is 10.1. The Balaban J connectivity index is 3.13. The smallest absolute Gasteiger partial charge is 0.240 e. The Morgan fingerprint density at radius 1 is 1.40 bits per heavy atom. The first-order chi connectivity index (χ1) is 9.13. The second-order valence-electron chi connectivity index (χ2n) is 5.13. The minimum absolute atomic E-state index is 0.117. The van der Waals surface area contributed by atoms with Crippen molar-refractivity contribution in [2.45, 2.75) is 37.0 Å². The van der Waals surface area contributed by atoms with Crippen LogP contribution in [0.25, 0.3) is 0 Å². The molecule has 0 fully saturated rings. The maximum absolute atomic E-state index is 12.4. The fourth-order valence-corrected chi connectivity index (χ4v) is 3.71. The number of hydrogen-bond donors (Lipinski definition) is 2. The fourth-order valence-electron chi connectivity index (χ4n) is 1.57. The molecule has 20 heavy (non-hydrogen) atoms. The summed E-state index contributed by atoms with van der Waals surface area (Å²) in [5.41, 5.74) is 1.04. The highest BCUT2D eigenvalue weighted by atomic mass is 35.5. The second kappa shape index (κ2) is 6.66. The van der Waals surface area contributed by atoms with E-state index in [0.29, 0.717) is 22.7 Å². The SMILES string of the molecule is CSC(C)(C)CNS(=O)(=O)c1cc(Cl)cc(CO)c1C. The van der Waals surface area contributed by atoms with Crippen LogP contribution in [0.5, 0.6) is 0 Å². The van der Waals surface area contributed by atoms with Gasteiger partial charge >= 0.3 is 0 Å². The average Bonchev–Trinajstić information content (AvgIpc) is 2.39. The minimum atomic E-state index is -3.65. The number of rotatable bonds is 6. The topological polar surface area (TPSA) is 66.4 Å². The van der Waals surface area contributed by atoms with Crippen molar-refractivity contribution in [3.05, 3.63) is 28.3 Å². The number of sulfonamides is 1. The molecular formula is C13H20ClNO3S2. The van der Waals surface area contributed by atoms with Gasteiger partial charge in [0, 0.05) is 16.3 Å². The fraction of sp³-hybridized carbons (Fsp3) is 0.538. The van der Waals surface area contributed by atoms with E-state index >= 15 is 0 Å². The number of aliphatic hydroxyl groups excluding tert-OH is 1. The third-order valence-corrected chi connectivity index (χ3v) is 6.13. The first kappa shape index (κ1) is 17.8.